The quantitative estimate of drug-likeness (QED) is 0.805. The first-order valence-corrected chi connectivity index (χ1v) is 6.62. The first kappa shape index (κ1) is 16.1. The highest BCUT2D eigenvalue weighted by Crippen LogP contribution is 2.11. The summed E-state index contributed by atoms with van der Waals surface area (Å²) in [6, 6.07) is 5.66. The molecule has 0 aliphatic carbocycles. The highest BCUT2D eigenvalue weighted by Gasteiger charge is 2.19. The predicted octanol–water partition coefficient (Wildman–Crippen LogP) is 2.23. The molecule has 0 saturated carbocycles. The third kappa shape index (κ3) is 5.82. The van der Waals surface area contributed by atoms with E-state index >= 15 is 0 Å². The molecular weight excluding hydrogens is 261 g/mol. The Morgan fingerprint density at radius 2 is 1.85 bits per heavy atom. The second kappa shape index (κ2) is 7.62. The summed E-state index contributed by atoms with van der Waals surface area (Å²) in [4.78, 5) is 22.8. The number of aliphatic carboxylic acids is 1. The Balaban J connectivity index is 2.45. The van der Waals surface area contributed by atoms with Gasteiger partial charge in [0.2, 0.25) is 5.91 Å². The molecule has 0 aliphatic heterocycles. The van der Waals surface area contributed by atoms with Gasteiger partial charge in [-0.3, -0.25) is 9.59 Å². The summed E-state index contributed by atoms with van der Waals surface area (Å²) in [7, 11) is 0. The van der Waals surface area contributed by atoms with Gasteiger partial charge in [-0.15, -0.1) is 0 Å². The van der Waals surface area contributed by atoms with Crippen LogP contribution in [0.5, 0.6) is 0 Å². The molecule has 0 bridgehead atoms. The largest absolute Gasteiger partial charge is 0.481 e. The lowest BCUT2D eigenvalue weighted by molar-refractivity contribution is -0.142. The summed E-state index contributed by atoms with van der Waals surface area (Å²) >= 11 is 0. The van der Waals surface area contributed by atoms with Crippen molar-refractivity contribution < 1.29 is 19.1 Å². The average Bonchev–Trinajstić information content (AvgIpc) is 2.36. The number of hydrogen-bond acceptors (Lipinski definition) is 2. The van der Waals surface area contributed by atoms with Gasteiger partial charge in [0.1, 0.15) is 5.82 Å². The minimum absolute atomic E-state index is 0.119. The van der Waals surface area contributed by atoms with Crippen LogP contribution in [0, 0.1) is 17.7 Å². The smallest absolute Gasteiger partial charge is 0.308 e. The van der Waals surface area contributed by atoms with Crippen LogP contribution in [0.2, 0.25) is 0 Å². The van der Waals surface area contributed by atoms with Crippen molar-refractivity contribution in [1.29, 1.82) is 0 Å². The van der Waals surface area contributed by atoms with Gasteiger partial charge in [-0.2, -0.15) is 0 Å². The zero-order valence-electron chi connectivity index (χ0n) is 11.7. The van der Waals surface area contributed by atoms with Gasteiger partial charge >= 0.3 is 5.97 Å². The van der Waals surface area contributed by atoms with E-state index in [1.807, 2.05) is 13.8 Å². The Morgan fingerprint density at radius 3 is 2.35 bits per heavy atom. The van der Waals surface area contributed by atoms with Gasteiger partial charge in [0.25, 0.3) is 0 Å². The van der Waals surface area contributed by atoms with Gasteiger partial charge in [0.15, 0.2) is 0 Å². The molecule has 1 rings (SSSR count). The molecule has 4 nitrogen and oxygen atoms in total. The number of halogens is 1. The molecular formula is C15H20FNO3. The van der Waals surface area contributed by atoms with Crippen molar-refractivity contribution in [2.45, 2.75) is 26.7 Å². The third-order valence-corrected chi connectivity index (χ3v) is 2.93. The van der Waals surface area contributed by atoms with Gasteiger partial charge < -0.3 is 10.4 Å². The van der Waals surface area contributed by atoms with E-state index in [4.69, 9.17) is 5.11 Å². The van der Waals surface area contributed by atoms with E-state index in [1.165, 1.54) is 24.3 Å². The lowest BCUT2D eigenvalue weighted by atomic mass is 9.97. The zero-order valence-corrected chi connectivity index (χ0v) is 11.7. The molecule has 0 saturated heterocycles. The van der Waals surface area contributed by atoms with E-state index < -0.39 is 11.9 Å². The van der Waals surface area contributed by atoms with Crippen LogP contribution in [0.15, 0.2) is 24.3 Å². The van der Waals surface area contributed by atoms with Crippen LogP contribution >= 0.6 is 0 Å². The molecule has 0 heterocycles. The fraction of sp³-hybridized carbons (Fsp3) is 0.467. The van der Waals surface area contributed by atoms with Crippen LogP contribution in [0.1, 0.15) is 25.8 Å². The summed E-state index contributed by atoms with van der Waals surface area (Å²) in [6.45, 7) is 4.00. The Hall–Kier alpha value is -1.91. The van der Waals surface area contributed by atoms with Gasteiger partial charge in [-0.1, -0.05) is 26.0 Å². The topological polar surface area (TPSA) is 66.4 Å². The molecule has 1 aromatic carbocycles. The number of carboxylic acid groups (broad SMARTS) is 1. The first-order chi connectivity index (χ1) is 9.38. The van der Waals surface area contributed by atoms with Crippen LogP contribution in [-0.4, -0.2) is 23.5 Å². The van der Waals surface area contributed by atoms with Crippen LogP contribution < -0.4 is 5.32 Å². The monoisotopic (exact) mass is 281 g/mol. The maximum atomic E-state index is 12.7. The van der Waals surface area contributed by atoms with E-state index in [0.29, 0.717) is 12.0 Å². The van der Waals surface area contributed by atoms with Crippen molar-refractivity contribution in [1.82, 2.24) is 5.32 Å². The molecule has 1 atom stereocenters. The van der Waals surface area contributed by atoms with Crippen molar-refractivity contribution in [2.75, 3.05) is 6.54 Å². The number of hydrogen-bond donors (Lipinski definition) is 2. The zero-order chi connectivity index (χ0) is 15.1. The molecule has 5 heteroatoms. The Kier molecular flexibility index (Phi) is 6.15. The fourth-order valence-electron chi connectivity index (χ4n) is 1.93. The highest BCUT2D eigenvalue weighted by atomic mass is 19.1. The van der Waals surface area contributed by atoms with Crippen molar-refractivity contribution in [3.05, 3.63) is 35.6 Å². The molecule has 0 radical (unpaired) electrons. The van der Waals surface area contributed by atoms with E-state index in [1.54, 1.807) is 0 Å². The summed E-state index contributed by atoms with van der Waals surface area (Å²) in [5.74, 6) is -1.83. The van der Waals surface area contributed by atoms with Gasteiger partial charge in [0.05, 0.1) is 12.3 Å². The molecule has 2 N–H and O–H groups in total. The number of nitrogens with one attached hydrogen (secondary N) is 1. The Morgan fingerprint density at radius 1 is 1.25 bits per heavy atom. The second-order valence-corrected chi connectivity index (χ2v) is 5.27. The Bertz CT molecular complexity index is 457. The number of carbonyl (C=O) groups is 2. The van der Waals surface area contributed by atoms with Crippen molar-refractivity contribution in [3.63, 3.8) is 0 Å². The number of amides is 1. The molecule has 1 aromatic rings. The highest BCUT2D eigenvalue weighted by molar-refractivity contribution is 5.79. The van der Waals surface area contributed by atoms with Gasteiger partial charge in [0, 0.05) is 6.54 Å². The van der Waals surface area contributed by atoms with E-state index in [0.717, 1.165) is 0 Å². The van der Waals surface area contributed by atoms with Crippen LogP contribution in [0.4, 0.5) is 4.39 Å². The van der Waals surface area contributed by atoms with Crippen molar-refractivity contribution in [2.24, 2.45) is 11.8 Å². The molecule has 1 amide bonds. The van der Waals surface area contributed by atoms with E-state index in [2.05, 4.69) is 5.32 Å². The maximum Gasteiger partial charge on any atom is 0.308 e. The molecule has 0 aromatic heterocycles. The number of carboxylic acids is 1. The molecule has 1 unspecified atom stereocenters. The lowest BCUT2D eigenvalue weighted by Crippen LogP contribution is -2.34. The van der Waals surface area contributed by atoms with Crippen molar-refractivity contribution >= 4 is 11.9 Å². The normalized spacial score (nSPS) is 12.2. The van der Waals surface area contributed by atoms with Crippen LogP contribution in [0.25, 0.3) is 0 Å². The minimum Gasteiger partial charge on any atom is -0.481 e. The number of carbonyl (C=O) groups excluding carboxylic acids is 1. The first-order valence-electron chi connectivity index (χ1n) is 6.62. The SMILES string of the molecule is CC(C)CC(CNC(=O)Cc1ccc(F)cc1)C(=O)O. The minimum atomic E-state index is -0.902. The van der Waals surface area contributed by atoms with E-state index in [-0.39, 0.29) is 30.6 Å². The molecule has 20 heavy (non-hydrogen) atoms. The lowest BCUT2D eigenvalue weighted by Gasteiger charge is -2.15. The summed E-state index contributed by atoms with van der Waals surface area (Å²) in [6.07, 6.45) is 0.639. The standard InChI is InChI=1S/C15H20FNO3/c1-10(2)7-12(15(19)20)9-17-14(18)8-11-3-5-13(16)6-4-11/h3-6,10,12H,7-9H2,1-2H3,(H,17,18)(H,19,20). The second-order valence-electron chi connectivity index (χ2n) is 5.27. The molecule has 110 valence electrons. The van der Waals surface area contributed by atoms with Crippen LogP contribution in [-0.2, 0) is 16.0 Å². The van der Waals surface area contributed by atoms with Crippen LogP contribution in [0.3, 0.4) is 0 Å². The summed E-state index contributed by atoms with van der Waals surface area (Å²) in [5, 5.41) is 11.7. The fourth-order valence-corrected chi connectivity index (χ4v) is 1.93. The average molecular weight is 281 g/mol. The molecule has 0 spiro atoms. The number of rotatable bonds is 7. The summed E-state index contributed by atoms with van der Waals surface area (Å²) < 4.78 is 12.7. The number of benzene rings is 1. The molecule has 0 aliphatic rings. The molecule has 0 fully saturated rings. The third-order valence-electron chi connectivity index (χ3n) is 2.93. The van der Waals surface area contributed by atoms with Crippen molar-refractivity contribution in [3.8, 4) is 0 Å². The predicted molar refractivity (Wildman–Crippen MR) is 73.7 cm³/mol. The van der Waals surface area contributed by atoms with Gasteiger partial charge in [-0.25, -0.2) is 4.39 Å². The summed E-state index contributed by atoms with van der Waals surface area (Å²) in [5.41, 5.74) is 0.694. The Labute approximate surface area is 118 Å². The van der Waals surface area contributed by atoms with E-state index in [9.17, 15) is 14.0 Å². The van der Waals surface area contributed by atoms with Gasteiger partial charge in [-0.05, 0) is 30.0 Å². The maximum absolute atomic E-state index is 12.7.